The molecular weight excluding hydrogens is 276 g/mol. The lowest BCUT2D eigenvalue weighted by atomic mass is 10.4. The Bertz CT molecular complexity index is 398. The summed E-state index contributed by atoms with van der Waals surface area (Å²) in [6.07, 6.45) is 2.41. The first-order valence-electron chi connectivity index (χ1n) is 4.64. The highest BCUT2D eigenvalue weighted by Gasteiger charge is 1.98. The molecule has 2 aromatic rings. The number of aromatic amines is 1. The number of thiophene rings is 1. The maximum absolute atomic E-state index is 4.05. The minimum absolute atomic E-state index is 0.881. The molecule has 4 nitrogen and oxygen atoms in total. The van der Waals surface area contributed by atoms with Crippen LogP contribution in [0.3, 0.4) is 0 Å². The van der Waals surface area contributed by atoms with Crippen LogP contribution >= 0.6 is 27.3 Å². The Morgan fingerprint density at radius 3 is 3.07 bits per heavy atom. The summed E-state index contributed by atoms with van der Waals surface area (Å²) in [5, 5.41) is 9.98. The lowest BCUT2D eigenvalue weighted by Gasteiger charge is -2.00. The van der Waals surface area contributed by atoms with Gasteiger partial charge in [0, 0.05) is 24.4 Å². The molecule has 6 heteroatoms. The lowest BCUT2D eigenvalue weighted by molar-refractivity contribution is 0.677. The van der Waals surface area contributed by atoms with Gasteiger partial charge in [-0.05, 0) is 28.1 Å². The summed E-state index contributed by atoms with van der Waals surface area (Å²) < 4.78 is 1.18. The van der Waals surface area contributed by atoms with Crippen molar-refractivity contribution in [1.82, 2.24) is 20.5 Å². The van der Waals surface area contributed by atoms with Crippen molar-refractivity contribution in [2.45, 2.75) is 13.0 Å². The molecule has 0 unspecified atom stereocenters. The molecule has 15 heavy (non-hydrogen) atoms. The van der Waals surface area contributed by atoms with Gasteiger partial charge < -0.3 is 5.32 Å². The number of aromatic nitrogens is 3. The molecule has 0 spiro atoms. The first kappa shape index (κ1) is 10.8. The lowest BCUT2D eigenvalue weighted by Crippen LogP contribution is -2.16. The summed E-state index contributed by atoms with van der Waals surface area (Å²) in [7, 11) is 0. The van der Waals surface area contributed by atoms with Crippen LogP contribution < -0.4 is 5.32 Å². The van der Waals surface area contributed by atoms with E-state index in [1.807, 2.05) is 0 Å². The second-order valence-corrected chi connectivity index (χ2v) is 5.61. The van der Waals surface area contributed by atoms with E-state index in [1.54, 1.807) is 11.3 Å². The Morgan fingerprint density at radius 1 is 1.47 bits per heavy atom. The Hall–Kier alpha value is -0.720. The fourth-order valence-electron chi connectivity index (χ4n) is 1.22. The minimum atomic E-state index is 0.881. The summed E-state index contributed by atoms with van der Waals surface area (Å²) in [4.78, 5) is 5.39. The fourth-order valence-corrected chi connectivity index (χ4v) is 2.67. The van der Waals surface area contributed by atoms with Crippen LogP contribution in [0.15, 0.2) is 22.2 Å². The molecule has 0 atom stereocenters. The van der Waals surface area contributed by atoms with E-state index in [2.05, 4.69) is 48.6 Å². The van der Waals surface area contributed by atoms with Gasteiger partial charge in [-0.2, -0.15) is 5.10 Å². The molecule has 0 aliphatic carbocycles. The number of H-pyrrole nitrogens is 1. The van der Waals surface area contributed by atoms with Gasteiger partial charge in [-0.1, -0.05) is 0 Å². The Labute approximate surface area is 100 Å². The molecule has 80 valence electrons. The molecular formula is C9H11BrN4S. The molecule has 2 heterocycles. The van der Waals surface area contributed by atoms with Gasteiger partial charge in [0.2, 0.25) is 0 Å². The molecule has 0 saturated carbocycles. The van der Waals surface area contributed by atoms with Crippen LogP contribution in [0.5, 0.6) is 0 Å². The van der Waals surface area contributed by atoms with Gasteiger partial charge in [0.25, 0.3) is 0 Å². The largest absolute Gasteiger partial charge is 0.311 e. The van der Waals surface area contributed by atoms with Crippen molar-refractivity contribution in [2.24, 2.45) is 0 Å². The second kappa shape index (κ2) is 5.39. The van der Waals surface area contributed by atoms with E-state index in [0.29, 0.717) is 0 Å². The van der Waals surface area contributed by atoms with Gasteiger partial charge in [-0.15, -0.1) is 11.3 Å². The molecule has 2 N–H and O–H groups in total. The van der Waals surface area contributed by atoms with E-state index >= 15 is 0 Å². The number of hydrogen-bond acceptors (Lipinski definition) is 4. The number of nitrogens with one attached hydrogen (secondary N) is 2. The maximum Gasteiger partial charge on any atom is 0.137 e. The SMILES string of the molecule is Brc1ccc(CNCCc2ncn[nH]2)s1. The van der Waals surface area contributed by atoms with E-state index in [4.69, 9.17) is 0 Å². The average molecular weight is 287 g/mol. The summed E-state index contributed by atoms with van der Waals surface area (Å²) in [5.74, 6) is 0.926. The Balaban J connectivity index is 1.67. The molecule has 2 aromatic heterocycles. The van der Waals surface area contributed by atoms with Gasteiger partial charge in [-0.3, -0.25) is 5.10 Å². The van der Waals surface area contributed by atoms with Gasteiger partial charge >= 0.3 is 0 Å². The Kier molecular flexibility index (Phi) is 3.87. The van der Waals surface area contributed by atoms with Crippen LogP contribution in [-0.2, 0) is 13.0 Å². The van der Waals surface area contributed by atoms with Crippen LogP contribution in [-0.4, -0.2) is 21.7 Å². The first-order valence-corrected chi connectivity index (χ1v) is 6.25. The normalized spacial score (nSPS) is 10.7. The fraction of sp³-hybridized carbons (Fsp3) is 0.333. The predicted octanol–water partition coefficient (Wildman–Crippen LogP) is 1.96. The highest BCUT2D eigenvalue weighted by atomic mass is 79.9. The van der Waals surface area contributed by atoms with Crippen molar-refractivity contribution < 1.29 is 0 Å². The zero-order valence-electron chi connectivity index (χ0n) is 8.03. The highest BCUT2D eigenvalue weighted by Crippen LogP contribution is 2.21. The third kappa shape index (κ3) is 3.40. The highest BCUT2D eigenvalue weighted by molar-refractivity contribution is 9.11. The molecule has 0 radical (unpaired) electrons. The minimum Gasteiger partial charge on any atom is -0.311 e. The van der Waals surface area contributed by atoms with Crippen molar-refractivity contribution in [1.29, 1.82) is 0 Å². The van der Waals surface area contributed by atoms with Gasteiger partial charge in [-0.25, -0.2) is 4.98 Å². The number of nitrogens with zero attached hydrogens (tertiary/aromatic N) is 2. The van der Waals surface area contributed by atoms with E-state index in [-0.39, 0.29) is 0 Å². The molecule has 2 rings (SSSR count). The smallest absolute Gasteiger partial charge is 0.137 e. The van der Waals surface area contributed by atoms with Crippen LogP contribution in [0.4, 0.5) is 0 Å². The summed E-state index contributed by atoms with van der Waals surface area (Å²) >= 11 is 5.19. The van der Waals surface area contributed by atoms with Crippen molar-refractivity contribution in [3.63, 3.8) is 0 Å². The zero-order valence-corrected chi connectivity index (χ0v) is 10.4. The van der Waals surface area contributed by atoms with Crippen LogP contribution in [0, 0.1) is 0 Å². The predicted molar refractivity (Wildman–Crippen MR) is 63.8 cm³/mol. The van der Waals surface area contributed by atoms with Crippen LogP contribution in [0.2, 0.25) is 0 Å². The molecule has 0 aliphatic heterocycles. The monoisotopic (exact) mass is 286 g/mol. The van der Waals surface area contributed by atoms with E-state index in [9.17, 15) is 0 Å². The Morgan fingerprint density at radius 2 is 2.40 bits per heavy atom. The zero-order chi connectivity index (χ0) is 10.5. The average Bonchev–Trinajstić information content (AvgIpc) is 2.84. The molecule has 0 saturated heterocycles. The van der Waals surface area contributed by atoms with Gasteiger partial charge in [0.1, 0.15) is 12.2 Å². The van der Waals surface area contributed by atoms with E-state index in [0.717, 1.165) is 25.3 Å². The third-order valence-electron chi connectivity index (χ3n) is 1.93. The first-order chi connectivity index (χ1) is 7.34. The number of hydrogen-bond donors (Lipinski definition) is 2. The summed E-state index contributed by atoms with van der Waals surface area (Å²) in [5.41, 5.74) is 0. The summed E-state index contributed by atoms with van der Waals surface area (Å²) in [6.45, 7) is 1.81. The number of rotatable bonds is 5. The van der Waals surface area contributed by atoms with Crippen LogP contribution in [0.1, 0.15) is 10.7 Å². The molecule has 0 fully saturated rings. The van der Waals surface area contributed by atoms with Crippen LogP contribution in [0.25, 0.3) is 0 Å². The van der Waals surface area contributed by atoms with Crippen molar-refractivity contribution in [3.05, 3.63) is 32.9 Å². The molecule has 0 aliphatic rings. The quantitative estimate of drug-likeness (QED) is 0.827. The van der Waals surface area contributed by atoms with Crippen molar-refractivity contribution in [2.75, 3.05) is 6.54 Å². The van der Waals surface area contributed by atoms with Gasteiger partial charge in [0.15, 0.2) is 0 Å². The topological polar surface area (TPSA) is 53.6 Å². The van der Waals surface area contributed by atoms with E-state index in [1.165, 1.54) is 15.0 Å². The van der Waals surface area contributed by atoms with Gasteiger partial charge in [0.05, 0.1) is 3.79 Å². The third-order valence-corrected chi connectivity index (χ3v) is 3.56. The molecule has 0 amide bonds. The van der Waals surface area contributed by atoms with Crippen molar-refractivity contribution in [3.8, 4) is 0 Å². The second-order valence-electron chi connectivity index (χ2n) is 3.06. The van der Waals surface area contributed by atoms with Crippen molar-refractivity contribution >= 4 is 27.3 Å². The molecule has 0 bridgehead atoms. The number of halogens is 1. The van der Waals surface area contributed by atoms with E-state index < -0.39 is 0 Å². The maximum atomic E-state index is 4.05. The standard InChI is InChI=1S/C9H11BrN4S/c10-8-2-1-7(15-8)5-11-4-3-9-12-6-13-14-9/h1-2,6,11H,3-5H2,(H,12,13,14). The molecule has 0 aromatic carbocycles. The summed E-state index contributed by atoms with van der Waals surface area (Å²) in [6, 6.07) is 4.19.